The summed E-state index contributed by atoms with van der Waals surface area (Å²) in [5, 5.41) is 2.05. The van der Waals surface area contributed by atoms with Crippen LogP contribution in [0, 0.1) is 17.5 Å². The molecule has 0 spiro atoms. The zero-order valence-corrected chi connectivity index (χ0v) is 9.82. The van der Waals surface area contributed by atoms with Crippen molar-refractivity contribution in [1.29, 1.82) is 0 Å². The first-order valence-corrected chi connectivity index (χ1v) is 5.46. The van der Waals surface area contributed by atoms with Crippen LogP contribution in [0.4, 0.5) is 13.2 Å². The molecule has 0 heterocycles. The van der Waals surface area contributed by atoms with Crippen LogP contribution in [-0.4, -0.2) is 17.8 Å². The molecule has 0 aliphatic carbocycles. The third-order valence-corrected chi connectivity index (χ3v) is 2.67. The quantitative estimate of drug-likeness (QED) is 0.658. The molecule has 0 fully saturated rings. The number of hydrogen-bond acceptors (Lipinski definition) is 1. The molecule has 0 saturated carbocycles. The van der Waals surface area contributed by atoms with E-state index in [0.717, 1.165) is 6.07 Å². The minimum absolute atomic E-state index is 0.134. The maximum atomic E-state index is 13.2. The summed E-state index contributed by atoms with van der Waals surface area (Å²) in [6, 6.07) is 1.59. The Bertz CT molecular complexity index is 425. The Morgan fingerprint density at radius 2 is 2.00 bits per heavy atom. The fourth-order valence-electron chi connectivity index (χ4n) is 1.14. The first-order chi connectivity index (χ1) is 7.97. The van der Waals surface area contributed by atoms with E-state index in [0.29, 0.717) is 12.5 Å². The highest BCUT2D eigenvalue weighted by Gasteiger charge is 2.18. The molecule has 0 aliphatic heterocycles. The number of alkyl halides is 1. The lowest BCUT2D eigenvalue weighted by Crippen LogP contribution is -2.30. The zero-order chi connectivity index (χ0) is 13.0. The SMILES string of the molecule is CCC(Cl)CNC(=O)c1ccc(F)c(F)c1F. The molecule has 0 saturated heterocycles. The monoisotopic (exact) mass is 265 g/mol. The summed E-state index contributed by atoms with van der Waals surface area (Å²) in [6.45, 7) is 1.96. The van der Waals surface area contributed by atoms with Gasteiger partial charge in [0.15, 0.2) is 17.5 Å². The van der Waals surface area contributed by atoms with Crippen LogP contribution in [-0.2, 0) is 0 Å². The highest BCUT2D eigenvalue weighted by atomic mass is 35.5. The van der Waals surface area contributed by atoms with Crippen LogP contribution in [0.5, 0.6) is 0 Å². The molecule has 17 heavy (non-hydrogen) atoms. The van der Waals surface area contributed by atoms with E-state index in [1.165, 1.54) is 0 Å². The lowest BCUT2D eigenvalue weighted by Gasteiger charge is -2.09. The highest BCUT2D eigenvalue weighted by molar-refractivity contribution is 6.20. The molecule has 1 aromatic rings. The van der Waals surface area contributed by atoms with Crippen molar-refractivity contribution in [2.24, 2.45) is 0 Å². The molecule has 0 bridgehead atoms. The van der Waals surface area contributed by atoms with Crippen molar-refractivity contribution in [1.82, 2.24) is 5.32 Å². The Hall–Kier alpha value is -1.23. The van der Waals surface area contributed by atoms with E-state index in [2.05, 4.69) is 5.32 Å². The van der Waals surface area contributed by atoms with E-state index in [-0.39, 0.29) is 11.9 Å². The minimum atomic E-state index is -1.66. The van der Waals surface area contributed by atoms with Gasteiger partial charge in [-0.25, -0.2) is 13.2 Å². The van der Waals surface area contributed by atoms with E-state index in [1.807, 2.05) is 6.92 Å². The number of nitrogens with one attached hydrogen (secondary N) is 1. The maximum Gasteiger partial charge on any atom is 0.254 e. The van der Waals surface area contributed by atoms with Crippen molar-refractivity contribution in [2.45, 2.75) is 18.7 Å². The summed E-state index contributed by atoms with van der Waals surface area (Å²) in [6.07, 6.45) is 0.627. The number of carbonyl (C=O) groups is 1. The molecule has 0 radical (unpaired) electrons. The second-order valence-corrected chi connectivity index (χ2v) is 4.06. The molecule has 6 heteroatoms. The van der Waals surface area contributed by atoms with Gasteiger partial charge in [0.05, 0.1) is 10.9 Å². The molecule has 1 unspecified atom stereocenters. The Labute approximate surface area is 102 Å². The maximum absolute atomic E-state index is 13.2. The van der Waals surface area contributed by atoms with Gasteiger partial charge in [0.25, 0.3) is 5.91 Å². The summed E-state index contributed by atoms with van der Waals surface area (Å²) in [5.74, 6) is -5.30. The zero-order valence-electron chi connectivity index (χ0n) is 9.07. The Kier molecular flexibility index (Phi) is 4.81. The first-order valence-electron chi connectivity index (χ1n) is 5.03. The van der Waals surface area contributed by atoms with Crippen LogP contribution in [0.1, 0.15) is 23.7 Å². The summed E-state index contributed by atoms with van der Waals surface area (Å²) < 4.78 is 38.7. The Balaban J connectivity index is 2.80. The molecule has 0 aliphatic rings. The van der Waals surface area contributed by atoms with Crippen LogP contribution < -0.4 is 5.32 Å². The summed E-state index contributed by atoms with van der Waals surface area (Å²) >= 11 is 5.75. The first kappa shape index (κ1) is 13.8. The van der Waals surface area contributed by atoms with E-state index in [4.69, 9.17) is 11.6 Å². The fraction of sp³-hybridized carbons (Fsp3) is 0.364. The van der Waals surface area contributed by atoms with Crippen molar-refractivity contribution in [3.63, 3.8) is 0 Å². The van der Waals surface area contributed by atoms with Gasteiger partial charge in [0, 0.05) is 6.54 Å². The second-order valence-electron chi connectivity index (χ2n) is 3.44. The number of hydrogen-bond donors (Lipinski definition) is 1. The van der Waals surface area contributed by atoms with Gasteiger partial charge in [0.1, 0.15) is 0 Å². The predicted octanol–water partition coefficient (Wildman–Crippen LogP) is 2.85. The molecule has 1 aromatic carbocycles. The van der Waals surface area contributed by atoms with Gasteiger partial charge in [-0.1, -0.05) is 6.92 Å². The van der Waals surface area contributed by atoms with Gasteiger partial charge < -0.3 is 5.32 Å². The number of rotatable bonds is 4. The van der Waals surface area contributed by atoms with Gasteiger partial charge >= 0.3 is 0 Å². The second kappa shape index (κ2) is 5.91. The van der Waals surface area contributed by atoms with Crippen LogP contribution in [0.2, 0.25) is 0 Å². The Morgan fingerprint density at radius 1 is 1.35 bits per heavy atom. The number of carbonyl (C=O) groups excluding carboxylic acids is 1. The van der Waals surface area contributed by atoms with Crippen LogP contribution >= 0.6 is 11.6 Å². The largest absolute Gasteiger partial charge is 0.350 e. The van der Waals surface area contributed by atoms with E-state index in [9.17, 15) is 18.0 Å². The molecule has 1 rings (SSSR count). The van der Waals surface area contributed by atoms with E-state index >= 15 is 0 Å². The van der Waals surface area contributed by atoms with Crippen molar-refractivity contribution in [2.75, 3.05) is 6.54 Å². The average molecular weight is 266 g/mol. The van der Waals surface area contributed by atoms with Crippen LogP contribution in [0.25, 0.3) is 0 Å². The van der Waals surface area contributed by atoms with Crippen LogP contribution in [0.3, 0.4) is 0 Å². The smallest absolute Gasteiger partial charge is 0.254 e. The standard InChI is InChI=1S/C11H11ClF3NO/c1-2-6(12)5-16-11(17)7-3-4-8(13)10(15)9(7)14/h3-4,6H,2,5H2,1H3,(H,16,17). The van der Waals surface area contributed by atoms with Gasteiger partial charge in [-0.15, -0.1) is 11.6 Å². The highest BCUT2D eigenvalue weighted by Crippen LogP contribution is 2.15. The molecular formula is C11H11ClF3NO. The molecular weight excluding hydrogens is 255 g/mol. The third-order valence-electron chi connectivity index (χ3n) is 2.21. The number of amides is 1. The average Bonchev–Trinajstić information content (AvgIpc) is 2.32. The third kappa shape index (κ3) is 3.36. The van der Waals surface area contributed by atoms with Crippen LogP contribution in [0.15, 0.2) is 12.1 Å². The van der Waals surface area contributed by atoms with Gasteiger partial charge in [-0.2, -0.15) is 0 Å². The van der Waals surface area contributed by atoms with Gasteiger partial charge in [-0.05, 0) is 18.6 Å². The minimum Gasteiger partial charge on any atom is -0.350 e. The molecule has 0 aromatic heterocycles. The number of benzene rings is 1. The molecule has 1 atom stereocenters. The van der Waals surface area contributed by atoms with Gasteiger partial charge in [0.2, 0.25) is 0 Å². The molecule has 2 nitrogen and oxygen atoms in total. The number of halogens is 4. The van der Waals surface area contributed by atoms with Crippen molar-refractivity contribution >= 4 is 17.5 Å². The molecule has 94 valence electrons. The van der Waals surface area contributed by atoms with E-state index in [1.54, 1.807) is 0 Å². The predicted molar refractivity (Wildman–Crippen MR) is 58.6 cm³/mol. The molecule has 1 N–H and O–H groups in total. The van der Waals surface area contributed by atoms with Crippen molar-refractivity contribution in [3.05, 3.63) is 35.1 Å². The topological polar surface area (TPSA) is 29.1 Å². The lowest BCUT2D eigenvalue weighted by molar-refractivity contribution is 0.0948. The lowest BCUT2D eigenvalue weighted by atomic mass is 10.2. The van der Waals surface area contributed by atoms with Crippen molar-refractivity contribution in [3.8, 4) is 0 Å². The van der Waals surface area contributed by atoms with Crippen molar-refractivity contribution < 1.29 is 18.0 Å². The summed E-state index contributed by atoms with van der Waals surface area (Å²) in [7, 11) is 0. The normalized spacial score (nSPS) is 12.3. The summed E-state index contributed by atoms with van der Waals surface area (Å²) in [5.41, 5.74) is -0.538. The van der Waals surface area contributed by atoms with E-state index < -0.39 is 28.9 Å². The summed E-state index contributed by atoms with van der Waals surface area (Å²) in [4.78, 5) is 11.5. The fourth-order valence-corrected chi connectivity index (χ4v) is 1.22. The Morgan fingerprint density at radius 3 is 2.59 bits per heavy atom. The van der Waals surface area contributed by atoms with Gasteiger partial charge in [-0.3, -0.25) is 4.79 Å². The molecule has 1 amide bonds.